The third-order valence-corrected chi connectivity index (χ3v) is 5.34. The number of alkyl halides is 3. The highest BCUT2D eigenvalue weighted by Gasteiger charge is 2.32. The molecular formula is C19H15F4N3O3S. The third-order valence-electron chi connectivity index (χ3n) is 4.00. The van der Waals surface area contributed by atoms with Crippen molar-refractivity contribution in [2.75, 3.05) is 4.72 Å². The number of anilines is 1. The summed E-state index contributed by atoms with van der Waals surface area (Å²) >= 11 is 0. The highest BCUT2D eigenvalue weighted by atomic mass is 32.2. The summed E-state index contributed by atoms with van der Waals surface area (Å²) in [4.78, 5) is 7.43. The summed E-state index contributed by atoms with van der Waals surface area (Å²) < 4.78 is 85.1. The van der Waals surface area contributed by atoms with Crippen LogP contribution in [0.15, 0.2) is 53.4 Å². The van der Waals surface area contributed by atoms with Gasteiger partial charge in [-0.3, -0.25) is 4.72 Å². The van der Waals surface area contributed by atoms with Gasteiger partial charge >= 0.3 is 12.2 Å². The maximum Gasteiger partial charge on any atom is 0.416 e. The van der Waals surface area contributed by atoms with Crippen LogP contribution in [0.4, 0.5) is 23.2 Å². The topological polar surface area (TPSA) is 81.2 Å². The van der Waals surface area contributed by atoms with Gasteiger partial charge in [-0.2, -0.15) is 23.1 Å². The van der Waals surface area contributed by atoms with Crippen LogP contribution in [0.25, 0.3) is 0 Å². The Kier molecular flexibility index (Phi) is 5.66. The number of rotatable bonds is 5. The molecule has 6 nitrogen and oxygen atoms in total. The number of halogens is 4. The van der Waals surface area contributed by atoms with Gasteiger partial charge in [0, 0.05) is 0 Å². The Bertz CT molecular complexity index is 1170. The molecule has 0 saturated heterocycles. The van der Waals surface area contributed by atoms with Gasteiger partial charge in [-0.15, -0.1) is 0 Å². The SMILES string of the molecule is Cc1nc(Oc2ccccc2F)nc(C)c1NS(=O)(=O)c1cccc(C(F)(F)F)c1. The summed E-state index contributed by atoms with van der Waals surface area (Å²) in [5.41, 5.74) is -0.828. The molecule has 0 aliphatic heterocycles. The standard InChI is InChI=1S/C19H15F4N3O3S/c1-11-17(12(2)25-18(24-11)29-16-9-4-3-8-15(16)20)26-30(27,28)14-7-5-6-13(10-14)19(21,22)23/h3-10,26H,1-2H3. The van der Waals surface area contributed by atoms with Crippen LogP contribution in [0.3, 0.4) is 0 Å². The van der Waals surface area contributed by atoms with E-state index in [-0.39, 0.29) is 28.8 Å². The van der Waals surface area contributed by atoms with Gasteiger partial charge in [0.1, 0.15) is 0 Å². The van der Waals surface area contributed by atoms with Gasteiger partial charge in [-0.25, -0.2) is 12.8 Å². The number of ether oxygens (including phenoxy) is 1. The van der Waals surface area contributed by atoms with Crippen LogP contribution in [0.1, 0.15) is 17.0 Å². The van der Waals surface area contributed by atoms with Crippen LogP contribution in [-0.4, -0.2) is 18.4 Å². The molecule has 3 aromatic rings. The van der Waals surface area contributed by atoms with E-state index in [0.29, 0.717) is 6.07 Å². The fourth-order valence-electron chi connectivity index (χ4n) is 2.54. The van der Waals surface area contributed by atoms with Crippen molar-refractivity contribution < 1.29 is 30.7 Å². The molecule has 30 heavy (non-hydrogen) atoms. The molecule has 11 heteroatoms. The first-order valence-electron chi connectivity index (χ1n) is 8.45. The van der Waals surface area contributed by atoms with Gasteiger partial charge in [0.05, 0.1) is 27.5 Å². The first-order valence-corrected chi connectivity index (χ1v) is 9.93. The van der Waals surface area contributed by atoms with E-state index < -0.39 is 32.5 Å². The normalized spacial score (nSPS) is 11.9. The average Bonchev–Trinajstić information content (AvgIpc) is 2.66. The van der Waals surface area contributed by atoms with Crippen molar-refractivity contribution in [3.63, 3.8) is 0 Å². The molecular weight excluding hydrogens is 426 g/mol. The van der Waals surface area contributed by atoms with E-state index in [9.17, 15) is 26.0 Å². The van der Waals surface area contributed by atoms with E-state index in [1.807, 2.05) is 0 Å². The number of hydrogen-bond acceptors (Lipinski definition) is 5. The van der Waals surface area contributed by atoms with Crippen LogP contribution in [0.2, 0.25) is 0 Å². The Labute approximate surface area is 169 Å². The molecule has 2 aromatic carbocycles. The lowest BCUT2D eigenvalue weighted by atomic mass is 10.2. The van der Waals surface area contributed by atoms with Gasteiger partial charge in [-0.05, 0) is 44.2 Å². The van der Waals surface area contributed by atoms with E-state index in [0.717, 1.165) is 18.2 Å². The van der Waals surface area contributed by atoms with E-state index >= 15 is 0 Å². The molecule has 0 aliphatic carbocycles. The Balaban J connectivity index is 1.91. The molecule has 0 atom stereocenters. The minimum atomic E-state index is -4.69. The van der Waals surface area contributed by atoms with Crippen LogP contribution < -0.4 is 9.46 Å². The zero-order valence-corrected chi connectivity index (χ0v) is 16.5. The number of sulfonamides is 1. The molecule has 0 fully saturated rings. The van der Waals surface area contributed by atoms with Gasteiger partial charge in [0.2, 0.25) is 0 Å². The van der Waals surface area contributed by atoms with E-state index in [1.165, 1.54) is 32.0 Å². The maximum atomic E-state index is 13.7. The van der Waals surface area contributed by atoms with Crippen molar-refractivity contribution in [1.29, 1.82) is 0 Å². The fraction of sp³-hybridized carbons (Fsp3) is 0.158. The van der Waals surface area contributed by atoms with Gasteiger partial charge < -0.3 is 4.74 Å². The molecule has 0 unspecified atom stereocenters. The molecule has 0 bridgehead atoms. The second-order valence-corrected chi connectivity index (χ2v) is 7.90. The first kappa shape index (κ1) is 21.5. The fourth-order valence-corrected chi connectivity index (χ4v) is 3.76. The molecule has 0 spiro atoms. The van der Waals surface area contributed by atoms with Crippen molar-refractivity contribution in [3.05, 3.63) is 71.3 Å². The van der Waals surface area contributed by atoms with Crippen LogP contribution >= 0.6 is 0 Å². The monoisotopic (exact) mass is 441 g/mol. The lowest BCUT2D eigenvalue weighted by molar-refractivity contribution is -0.137. The van der Waals surface area contributed by atoms with Crippen molar-refractivity contribution in [2.24, 2.45) is 0 Å². The van der Waals surface area contributed by atoms with E-state index in [4.69, 9.17) is 4.74 Å². The molecule has 1 N–H and O–H groups in total. The molecule has 0 amide bonds. The molecule has 1 aromatic heterocycles. The zero-order chi connectivity index (χ0) is 22.1. The summed E-state index contributed by atoms with van der Waals surface area (Å²) in [6, 6.07) is 8.72. The summed E-state index contributed by atoms with van der Waals surface area (Å²) in [7, 11) is -4.35. The smallest absolute Gasteiger partial charge is 0.416 e. The minimum absolute atomic E-state index is 0.0201. The van der Waals surface area contributed by atoms with Crippen LogP contribution in [0.5, 0.6) is 11.8 Å². The van der Waals surface area contributed by atoms with Crippen molar-refractivity contribution in [3.8, 4) is 11.8 Å². The van der Waals surface area contributed by atoms with E-state index in [2.05, 4.69) is 14.7 Å². The lowest BCUT2D eigenvalue weighted by Crippen LogP contribution is -2.17. The minimum Gasteiger partial charge on any atom is -0.421 e. The van der Waals surface area contributed by atoms with Crippen LogP contribution in [0, 0.1) is 19.7 Å². The predicted octanol–water partition coefficient (Wildman–Crippen LogP) is 4.84. The van der Waals surface area contributed by atoms with E-state index in [1.54, 1.807) is 6.07 Å². The second kappa shape index (κ2) is 7.90. The molecule has 0 radical (unpaired) electrons. The lowest BCUT2D eigenvalue weighted by Gasteiger charge is -2.14. The number of para-hydroxylation sites is 1. The Morgan fingerprint density at radius 1 is 0.967 bits per heavy atom. The summed E-state index contributed by atoms with van der Waals surface area (Å²) in [6.45, 7) is 2.90. The number of hydrogen-bond donors (Lipinski definition) is 1. The number of aromatic nitrogens is 2. The number of nitrogens with zero attached hydrogens (tertiary/aromatic N) is 2. The van der Waals surface area contributed by atoms with Crippen molar-refractivity contribution in [1.82, 2.24) is 9.97 Å². The largest absolute Gasteiger partial charge is 0.421 e. The molecule has 1 heterocycles. The summed E-state index contributed by atoms with van der Waals surface area (Å²) in [5, 5.41) is 0. The van der Waals surface area contributed by atoms with Crippen molar-refractivity contribution in [2.45, 2.75) is 24.9 Å². The molecule has 0 aliphatic rings. The molecule has 0 saturated carbocycles. The average molecular weight is 441 g/mol. The second-order valence-electron chi connectivity index (χ2n) is 6.22. The number of benzene rings is 2. The highest BCUT2D eigenvalue weighted by molar-refractivity contribution is 7.92. The summed E-state index contributed by atoms with van der Waals surface area (Å²) in [5.74, 6) is -0.751. The first-order chi connectivity index (χ1) is 14.0. The van der Waals surface area contributed by atoms with Gasteiger partial charge in [0.15, 0.2) is 11.6 Å². The molecule has 3 rings (SSSR count). The number of nitrogens with one attached hydrogen (secondary N) is 1. The highest BCUT2D eigenvalue weighted by Crippen LogP contribution is 2.31. The Morgan fingerprint density at radius 3 is 2.20 bits per heavy atom. The van der Waals surface area contributed by atoms with Crippen LogP contribution in [-0.2, 0) is 16.2 Å². The molecule has 158 valence electrons. The predicted molar refractivity (Wildman–Crippen MR) is 100 cm³/mol. The third kappa shape index (κ3) is 4.67. The van der Waals surface area contributed by atoms with Gasteiger partial charge in [-0.1, -0.05) is 18.2 Å². The number of aryl methyl sites for hydroxylation is 2. The quantitative estimate of drug-likeness (QED) is 0.573. The zero-order valence-electron chi connectivity index (χ0n) is 15.7. The Hall–Kier alpha value is -3.21. The summed E-state index contributed by atoms with van der Waals surface area (Å²) in [6.07, 6.45) is -4.69. The van der Waals surface area contributed by atoms with Crippen molar-refractivity contribution >= 4 is 15.7 Å². The van der Waals surface area contributed by atoms with Gasteiger partial charge in [0.25, 0.3) is 10.0 Å². The maximum absolute atomic E-state index is 13.7. The Morgan fingerprint density at radius 2 is 1.60 bits per heavy atom.